The fourth-order valence-electron chi connectivity index (χ4n) is 1.04. The van der Waals surface area contributed by atoms with Gasteiger partial charge in [-0.2, -0.15) is 13.2 Å². The van der Waals surface area contributed by atoms with Gasteiger partial charge >= 0.3 is 6.18 Å². The predicted octanol–water partition coefficient (Wildman–Crippen LogP) is 3.88. The molecule has 0 unspecified atom stereocenters. The lowest BCUT2D eigenvalue weighted by Gasteiger charge is -2.10. The van der Waals surface area contributed by atoms with E-state index in [9.17, 15) is 13.2 Å². The van der Waals surface area contributed by atoms with Crippen LogP contribution in [0, 0.1) is 6.92 Å². The van der Waals surface area contributed by atoms with Crippen LogP contribution in [-0.4, -0.2) is 12.8 Å². The molecule has 86 valence electrons. The molecule has 0 aliphatic rings. The molecular weight excluding hydrogens is 223 g/mol. The highest BCUT2D eigenvalue weighted by Crippen LogP contribution is 2.25. The van der Waals surface area contributed by atoms with Crippen LogP contribution < -0.4 is 4.74 Å². The van der Waals surface area contributed by atoms with Crippen LogP contribution in [0.2, 0.25) is 0 Å². The first kappa shape index (κ1) is 12.2. The Morgan fingerprint density at radius 3 is 2.62 bits per heavy atom. The molecule has 0 radical (unpaired) electrons. The van der Waals surface area contributed by atoms with Gasteiger partial charge in [0.05, 0.1) is 0 Å². The molecule has 4 nitrogen and oxygen atoms in total. The van der Waals surface area contributed by atoms with E-state index in [1.807, 2.05) is 0 Å². The molecule has 0 atom stereocenters. The highest BCUT2D eigenvalue weighted by atomic mass is 19.4. The van der Waals surface area contributed by atoms with Crippen molar-refractivity contribution >= 4 is 5.69 Å². The molecule has 0 spiro atoms. The monoisotopic (exact) mass is 231 g/mol. The molecule has 7 heteroatoms. The number of hydrogen-bond acceptors (Lipinski definition) is 2. The van der Waals surface area contributed by atoms with Gasteiger partial charge in [-0.25, -0.2) is 0 Å². The van der Waals surface area contributed by atoms with E-state index < -0.39 is 12.8 Å². The quantitative estimate of drug-likeness (QED) is 0.442. The Kier molecular flexibility index (Phi) is 3.63. The first-order valence-corrected chi connectivity index (χ1v) is 4.27. The molecule has 1 aromatic rings. The van der Waals surface area contributed by atoms with Crippen LogP contribution in [0.5, 0.6) is 5.75 Å². The molecule has 16 heavy (non-hydrogen) atoms. The van der Waals surface area contributed by atoms with Crippen molar-refractivity contribution in [1.29, 1.82) is 0 Å². The molecule has 0 amide bonds. The van der Waals surface area contributed by atoms with E-state index >= 15 is 0 Å². The summed E-state index contributed by atoms with van der Waals surface area (Å²) in [6.07, 6.45) is -4.36. The largest absolute Gasteiger partial charge is 0.484 e. The van der Waals surface area contributed by atoms with E-state index in [1.165, 1.54) is 18.2 Å². The van der Waals surface area contributed by atoms with Crippen LogP contribution >= 0.6 is 0 Å². The molecular formula is C9H8F3N3O. The van der Waals surface area contributed by atoms with Gasteiger partial charge in [0.1, 0.15) is 5.75 Å². The summed E-state index contributed by atoms with van der Waals surface area (Å²) in [5.74, 6) is 0.0896. The van der Waals surface area contributed by atoms with E-state index in [0.717, 1.165) is 0 Å². The van der Waals surface area contributed by atoms with Gasteiger partial charge in [-0.05, 0) is 36.2 Å². The van der Waals surface area contributed by atoms with Gasteiger partial charge in [0.15, 0.2) is 6.61 Å². The smallest absolute Gasteiger partial charge is 0.422 e. The van der Waals surface area contributed by atoms with Crippen LogP contribution in [0.1, 0.15) is 5.56 Å². The fraction of sp³-hybridized carbons (Fsp3) is 0.333. The Labute approximate surface area is 89.3 Å². The maximum Gasteiger partial charge on any atom is 0.422 e. The molecule has 0 N–H and O–H groups in total. The minimum atomic E-state index is -4.36. The Hall–Kier alpha value is -1.88. The van der Waals surface area contributed by atoms with Crippen molar-refractivity contribution in [2.24, 2.45) is 5.11 Å². The number of hydrogen-bond donors (Lipinski definition) is 0. The maximum atomic E-state index is 11.9. The van der Waals surface area contributed by atoms with Crippen LogP contribution in [0.4, 0.5) is 18.9 Å². The van der Waals surface area contributed by atoms with Crippen LogP contribution in [0.3, 0.4) is 0 Å². The zero-order valence-corrected chi connectivity index (χ0v) is 8.32. The molecule has 0 saturated heterocycles. The van der Waals surface area contributed by atoms with Crippen molar-refractivity contribution in [1.82, 2.24) is 0 Å². The van der Waals surface area contributed by atoms with Crippen molar-refractivity contribution in [3.8, 4) is 5.75 Å². The first-order chi connectivity index (χ1) is 7.42. The van der Waals surface area contributed by atoms with Crippen molar-refractivity contribution in [2.45, 2.75) is 13.1 Å². The molecule has 0 heterocycles. The molecule has 0 aliphatic carbocycles. The summed E-state index contributed by atoms with van der Waals surface area (Å²) in [5.41, 5.74) is 9.12. The number of azide groups is 1. The van der Waals surface area contributed by atoms with E-state index in [2.05, 4.69) is 14.8 Å². The van der Waals surface area contributed by atoms with E-state index in [-0.39, 0.29) is 5.75 Å². The highest BCUT2D eigenvalue weighted by molar-refractivity contribution is 5.48. The summed E-state index contributed by atoms with van der Waals surface area (Å²) in [6.45, 7) is 0.276. The Balaban J connectivity index is 2.77. The van der Waals surface area contributed by atoms with Crippen molar-refractivity contribution < 1.29 is 17.9 Å². The lowest BCUT2D eigenvalue weighted by atomic mass is 10.2. The summed E-state index contributed by atoms with van der Waals surface area (Å²) in [4.78, 5) is 2.59. The third kappa shape index (κ3) is 3.70. The summed E-state index contributed by atoms with van der Waals surface area (Å²) in [5, 5.41) is 3.36. The Morgan fingerprint density at radius 2 is 2.12 bits per heavy atom. The molecule has 0 aliphatic heterocycles. The van der Waals surface area contributed by atoms with Crippen LogP contribution in [-0.2, 0) is 0 Å². The van der Waals surface area contributed by atoms with Crippen LogP contribution in [0.15, 0.2) is 23.3 Å². The predicted molar refractivity (Wildman–Crippen MR) is 51.5 cm³/mol. The SMILES string of the molecule is Cc1cc(OCC(F)(F)F)ccc1N=[N+]=[N-]. The minimum Gasteiger partial charge on any atom is -0.484 e. The second-order valence-corrected chi connectivity index (χ2v) is 3.04. The highest BCUT2D eigenvalue weighted by Gasteiger charge is 2.28. The second kappa shape index (κ2) is 4.76. The summed E-state index contributed by atoms with van der Waals surface area (Å²) >= 11 is 0. The van der Waals surface area contributed by atoms with Gasteiger partial charge in [-0.15, -0.1) is 0 Å². The number of halogens is 3. The lowest BCUT2D eigenvalue weighted by Crippen LogP contribution is -2.19. The van der Waals surface area contributed by atoms with E-state index in [0.29, 0.717) is 11.3 Å². The van der Waals surface area contributed by atoms with Crippen molar-refractivity contribution in [2.75, 3.05) is 6.61 Å². The fourth-order valence-corrected chi connectivity index (χ4v) is 1.04. The molecule has 1 aromatic carbocycles. The average molecular weight is 231 g/mol. The molecule has 0 saturated carbocycles. The van der Waals surface area contributed by atoms with Gasteiger partial charge in [0, 0.05) is 10.6 Å². The number of ether oxygens (including phenoxy) is 1. The average Bonchev–Trinajstić information content (AvgIpc) is 2.18. The summed E-state index contributed by atoms with van der Waals surface area (Å²) in [6, 6.07) is 4.11. The zero-order chi connectivity index (χ0) is 12.2. The Morgan fingerprint density at radius 1 is 1.44 bits per heavy atom. The lowest BCUT2D eigenvalue weighted by molar-refractivity contribution is -0.153. The third-order valence-electron chi connectivity index (χ3n) is 1.72. The second-order valence-electron chi connectivity index (χ2n) is 3.04. The first-order valence-electron chi connectivity index (χ1n) is 4.27. The van der Waals surface area contributed by atoms with Crippen molar-refractivity contribution in [3.63, 3.8) is 0 Å². The standard InChI is InChI=1S/C9H8F3N3O/c1-6-4-7(16-5-9(10,11)12)2-3-8(6)14-15-13/h2-4H,5H2,1H3. The normalized spacial score (nSPS) is 10.8. The van der Waals surface area contributed by atoms with Gasteiger partial charge < -0.3 is 4.74 Å². The van der Waals surface area contributed by atoms with E-state index in [1.54, 1.807) is 6.92 Å². The number of alkyl halides is 3. The zero-order valence-electron chi connectivity index (χ0n) is 8.32. The molecule has 0 fully saturated rings. The van der Waals surface area contributed by atoms with Crippen LogP contribution in [0.25, 0.3) is 10.4 Å². The van der Waals surface area contributed by atoms with Gasteiger partial charge in [0.25, 0.3) is 0 Å². The number of rotatable bonds is 3. The molecule has 0 bridgehead atoms. The topological polar surface area (TPSA) is 58.0 Å². The minimum absolute atomic E-state index is 0.0896. The van der Waals surface area contributed by atoms with Gasteiger partial charge in [0.2, 0.25) is 0 Å². The summed E-state index contributed by atoms with van der Waals surface area (Å²) < 4.78 is 40.1. The van der Waals surface area contributed by atoms with Gasteiger partial charge in [-0.1, -0.05) is 5.11 Å². The summed E-state index contributed by atoms with van der Waals surface area (Å²) in [7, 11) is 0. The maximum absolute atomic E-state index is 11.9. The number of benzene rings is 1. The van der Waals surface area contributed by atoms with Gasteiger partial charge in [-0.3, -0.25) is 0 Å². The molecule has 1 rings (SSSR count). The third-order valence-corrected chi connectivity index (χ3v) is 1.72. The molecule has 0 aromatic heterocycles. The van der Waals surface area contributed by atoms with Crippen molar-refractivity contribution in [3.05, 3.63) is 34.2 Å². The Bertz CT molecular complexity index is 424. The number of aryl methyl sites for hydroxylation is 1. The number of nitrogens with zero attached hydrogens (tertiary/aromatic N) is 3. The van der Waals surface area contributed by atoms with E-state index in [4.69, 9.17) is 5.53 Å².